The van der Waals surface area contributed by atoms with Crippen LogP contribution < -0.4 is 5.63 Å². The second-order valence-corrected chi connectivity index (χ2v) is 6.31. The van der Waals surface area contributed by atoms with Gasteiger partial charge in [0.25, 0.3) is 0 Å². The van der Waals surface area contributed by atoms with Gasteiger partial charge >= 0.3 is 5.63 Å². The second kappa shape index (κ2) is 4.82. The third-order valence-corrected chi connectivity index (χ3v) is 4.76. The third kappa shape index (κ3) is 2.34. The fourth-order valence-electron chi connectivity index (χ4n) is 1.99. The molecule has 0 aliphatic carbocycles. The van der Waals surface area contributed by atoms with Crippen molar-refractivity contribution >= 4 is 20.8 Å². The molecule has 0 atom stereocenters. The lowest BCUT2D eigenvalue weighted by Crippen LogP contribution is -2.14. The summed E-state index contributed by atoms with van der Waals surface area (Å²) in [7, 11) is -4.00. The lowest BCUT2D eigenvalue weighted by molar-refractivity contribution is 0.531. The molecular weight excluding hydrogens is 295 g/mol. The van der Waals surface area contributed by atoms with E-state index in [1.54, 1.807) is 18.2 Å². The van der Waals surface area contributed by atoms with Crippen molar-refractivity contribution in [1.82, 2.24) is 0 Å². The second-order valence-electron chi connectivity index (χ2n) is 4.40. The average Bonchev–Trinajstić information content (AvgIpc) is 2.48. The Morgan fingerprint density at radius 1 is 0.952 bits per heavy atom. The quantitative estimate of drug-likeness (QED) is 0.683. The van der Waals surface area contributed by atoms with Crippen molar-refractivity contribution in [2.24, 2.45) is 0 Å². The smallest absolute Gasteiger partial charge is 0.355 e. The Kier molecular flexibility index (Phi) is 3.10. The summed E-state index contributed by atoms with van der Waals surface area (Å²) in [4.78, 5) is 11.4. The minimum Gasteiger partial charge on any atom is -0.422 e. The summed E-state index contributed by atoms with van der Waals surface area (Å²) in [6.07, 6.45) is 0. The first-order valence-corrected chi connectivity index (χ1v) is 7.50. The highest BCUT2D eigenvalue weighted by Crippen LogP contribution is 2.22. The Hall–Kier alpha value is -2.47. The molecule has 0 aliphatic rings. The summed E-state index contributed by atoms with van der Waals surface area (Å²) in [5.74, 6) is -0.542. The van der Waals surface area contributed by atoms with Crippen LogP contribution in [0.1, 0.15) is 0 Å². The molecule has 2 aromatic carbocycles. The van der Waals surface area contributed by atoms with Gasteiger partial charge in [0.2, 0.25) is 9.84 Å². The van der Waals surface area contributed by atoms with Gasteiger partial charge in [-0.3, -0.25) is 0 Å². The van der Waals surface area contributed by atoms with E-state index in [0.717, 1.165) is 18.2 Å². The summed E-state index contributed by atoms with van der Waals surface area (Å²) in [6, 6.07) is 12.2. The lowest BCUT2D eigenvalue weighted by Gasteiger charge is -2.04. The number of hydrogen-bond acceptors (Lipinski definition) is 4. The van der Waals surface area contributed by atoms with Crippen LogP contribution in [0.25, 0.3) is 11.0 Å². The van der Waals surface area contributed by atoms with Gasteiger partial charge in [0.1, 0.15) is 11.4 Å². The predicted octanol–water partition coefficient (Wildman–Crippen LogP) is 2.76. The Morgan fingerprint density at radius 3 is 2.38 bits per heavy atom. The van der Waals surface area contributed by atoms with Gasteiger partial charge < -0.3 is 4.42 Å². The summed E-state index contributed by atoms with van der Waals surface area (Å²) in [5.41, 5.74) is -0.841. The number of halogens is 1. The molecular formula is C15H9FO4S. The van der Waals surface area contributed by atoms with Gasteiger partial charge in [-0.1, -0.05) is 18.2 Å². The van der Waals surface area contributed by atoms with Crippen molar-refractivity contribution in [3.63, 3.8) is 0 Å². The van der Waals surface area contributed by atoms with Crippen molar-refractivity contribution in [3.05, 3.63) is 70.8 Å². The van der Waals surface area contributed by atoms with Crippen LogP contribution >= 0.6 is 0 Å². The molecule has 3 rings (SSSR count). The highest BCUT2D eigenvalue weighted by Gasteiger charge is 2.23. The van der Waals surface area contributed by atoms with Crippen LogP contribution in [-0.4, -0.2) is 8.42 Å². The van der Waals surface area contributed by atoms with E-state index in [4.69, 9.17) is 4.42 Å². The van der Waals surface area contributed by atoms with Gasteiger partial charge in [0.05, 0.1) is 4.90 Å². The molecule has 0 saturated heterocycles. The van der Waals surface area contributed by atoms with E-state index in [1.807, 2.05) is 0 Å². The van der Waals surface area contributed by atoms with Crippen LogP contribution in [0, 0.1) is 5.82 Å². The molecule has 0 bridgehead atoms. The molecule has 6 heteroatoms. The van der Waals surface area contributed by atoms with E-state index in [1.165, 1.54) is 18.2 Å². The SMILES string of the molecule is O=c1oc2ccc(F)cc2cc1S(=O)(=O)c1ccccc1. The van der Waals surface area contributed by atoms with Crippen LogP contribution in [0.2, 0.25) is 0 Å². The largest absolute Gasteiger partial charge is 0.422 e. The molecule has 1 aromatic heterocycles. The summed E-state index contributed by atoms with van der Waals surface area (Å²) >= 11 is 0. The topological polar surface area (TPSA) is 64.3 Å². The van der Waals surface area contributed by atoms with Crippen LogP contribution in [-0.2, 0) is 9.84 Å². The van der Waals surface area contributed by atoms with Crippen molar-refractivity contribution in [2.75, 3.05) is 0 Å². The van der Waals surface area contributed by atoms with Crippen LogP contribution in [0.15, 0.2) is 73.6 Å². The molecule has 0 N–H and O–H groups in total. The van der Waals surface area contributed by atoms with Crippen LogP contribution in [0.3, 0.4) is 0 Å². The minimum atomic E-state index is -4.00. The van der Waals surface area contributed by atoms with E-state index in [9.17, 15) is 17.6 Å². The molecule has 0 aliphatic heterocycles. The van der Waals surface area contributed by atoms with Gasteiger partial charge in [-0.25, -0.2) is 17.6 Å². The van der Waals surface area contributed by atoms with Crippen LogP contribution in [0.4, 0.5) is 4.39 Å². The zero-order valence-electron chi connectivity index (χ0n) is 10.6. The average molecular weight is 304 g/mol. The van der Waals surface area contributed by atoms with Gasteiger partial charge in [-0.15, -0.1) is 0 Å². The van der Waals surface area contributed by atoms with E-state index in [2.05, 4.69) is 0 Å². The maximum atomic E-state index is 13.2. The maximum absolute atomic E-state index is 13.2. The first-order chi connectivity index (χ1) is 9.98. The Labute approximate surface area is 119 Å². The first kappa shape index (κ1) is 13.5. The molecule has 4 nitrogen and oxygen atoms in total. The molecule has 1 heterocycles. The molecule has 21 heavy (non-hydrogen) atoms. The number of benzene rings is 2. The van der Waals surface area contributed by atoms with Crippen molar-refractivity contribution in [3.8, 4) is 0 Å². The fraction of sp³-hybridized carbons (Fsp3) is 0. The van der Waals surface area contributed by atoms with Crippen LogP contribution in [0.5, 0.6) is 0 Å². The lowest BCUT2D eigenvalue weighted by atomic mass is 10.2. The Morgan fingerprint density at radius 2 is 1.67 bits per heavy atom. The van der Waals surface area contributed by atoms with Crippen molar-refractivity contribution in [1.29, 1.82) is 0 Å². The van der Waals surface area contributed by atoms with E-state index in [-0.39, 0.29) is 15.9 Å². The number of hydrogen-bond donors (Lipinski definition) is 0. The maximum Gasteiger partial charge on any atom is 0.355 e. The summed E-state index contributed by atoms with van der Waals surface area (Å²) in [5, 5.41) is 0.212. The monoisotopic (exact) mass is 304 g/mol. The standard InChI is InChI=1S/C15H9FO4S/c16-11-6-7-13-10(8-11)9-14(15(17)20-13)21(18,19)12-4-2-1-3-5-12/h1-9H. The molecule has 0 amide bonds. The van der Waals surface area contributed by atoms with Gasteiger partial charge in [-0.2, -0.15) is 0 Å². The normalized spacial score (nSPS) is 11.7. The molecule has 0 unspecified atom stereocenters. The molecule has 0 radical (unpaired) electrons. The Balaban J connectivity index is 2.30. The molecule has 0 saturated carbocycles. The van der Waals surface area contributed by atoms with E-state index < -0.39 is 26.2 Å². The Bertz CT molecular complexity index is 975. The number of sulfone groups is 1. The minimum absolute atomic E-state index is 0.0203. The number of rotatable bonds is 2. The highest BCUT2D eigenvalue weighted by molar-refractivity contribution is 7.91. The first-order valence-electron chi connectivity index (χ1n) is 6.02. The zero-order valence-corrected chi connectivity index (χ0v) is 11.4. The summed E-state index contributed by atoms with van der Waals surface area (Å²) < 4.78 is 43.0. The predicted molar refractivity (Wildman–Crippen MR) is 74.3 cm³/mol. The molecule has 106 valence electrons. The molecule has 0 fully saturated rings. The van der Waals surface area contributed by atoms with Gasteiger partial charge in [0.15, 0.2) is 4.90 Å². The van der Waals surface area contributed by atoms with Gasteiger partial charge in [-0.05, 0) is 36.4 Å². The summed E-state index contributed by atoms with van der Waals surface area (Å²) in [6.45, 7) is 0. The molecule has 0 spiro atoms. The van der Waals surface area contributed by atoms with Gasteiger partial charge in [0, 0.05) is 5.39 Å². The van der Waals surface area contributed by atoms with Crippen molar-refractivity contribution < 1.29 is 17.2 Å². The van der Waals surface area contributed by atoms with E-state index in [0.29, 0.717) is 0 Å². The third-order valence-electron chi connectivity index (χ3n) is 3.01. The highest BCUT2D eigenvalue weighted by atomic mass is 32.2. The van der Waals surface area contributed by atoms with Crippen molar-refractivity contribution in [2.45, 2.75) is 9.79 Å². The number of fused-ring (bicyclic) bond motifs is 1. The van der Waals surface area contributed by atoms with E-state index >= 15 is 0 Å². The molecule has 3 aromatic rings. The fourth-order valence-corrected chi connectivity index (χ4v) is 3.30. The zero-order chi connectivity index (χ0) is 15.0.